The first-order chi connectivity index (χ1) is 17.1. The van der Waals surface area contributed by atoms with Crippen LogP contribution in [0.1, 0.15) is 64.9 Å². The third-order valence-corrected chi connectivity index (χ3v) is 6.05. The van der Waals surface area contributed by atoms with Crippen LogP contribution in [0.4, 0.5) is 0 Å². The Bertz CT molecular complexity index is 1020. The van der Waals surface area contributed by atoms with Crippen LogP contribution in [-0.4, -0.2) is 37.5 Å². The maximum atomic E-state index is 13.1. The zero-order valence-electron chi connectivity index (χ0n) is 20.6. The summed E-state index contributed by atoms with van der Waals surface area (Å²) in [5.41, 5.74) is 1.24. The van der Waals surface area contributed by atoms with Crippen molar-refractivity contribution in [1.82, 2.24) is 5.32 Å². The molecule has 0 fully saturated rings. The maximum Gasteiger partial charge on any atom is 0.339 e. The van der Waals surface area contributed by atoms with Gasteiger partial charge in [0, 0.05) is 24.2 Å². The topological polar surface area (TPSA) is 117 Å². The molecule has 0 amide bonds. The van der Waals surface area contributed by atoms with Gasteiger partial charge in [-0.05, 0) is 38.3 Å². The Kier molecular flexibility index (Phi) is 11.3. The third-order valence-electron chi connectivity index (χ3n) is 5.22. The third kappa shape index (κ3) is 7.48. The molecule has 0 spiro atoms. The van der Waals surface area contributed by atoms with Crippen LogP contribution in [0.2, 0.25) is 10.0 Å². The lowest BCUT2D eigenvalue weighted by molar-refractivity contribution is -0.165. The van der Waals surface area contributed by atoms with E-state index in [0.717, 1.165) is 0 Å². The normalized spacial score (nSPS) is 13.7. The van der Waals surface area contributed by atoms with Gasteiger partial charge in [0.25, 0.3) is 0 Å². The van der Waals surface area contributed by atoms with Gasteiger partial charge in [0.1, 0.15) is 0 Å². The molecule has 0 atom stereocenters. The highest BCUT2D eigenvalue weighted by Crippen LogP contribution is 2.43. The van der Waals surface area contributed by atoms with E-state index < -0.39 is 43.4 Å². The minimum absolute atomic E-state index is 0.0474. The quantitative estimate of drug-likeness (QED) is 0.307. The number of carbonyl (C=O) groups is 4. The van der Waals surface area contributed by atoms with Crippen molar-refractivity contribution in [2.24, 2.45) is 0 Å². The van der Waals surface area contributed by atoms with Crippen molar-refractivity contribution in [2.45, 2.75) is 59.3 Å². The van der Waals surface area contributed by atoms with Crippen LogP contribution >= 0.6 is 23.2 Å². The van der Waals surface area contributed by atoms with Gasteiger partial charge < -0.3 is 24.3 Å². The summed E-state index contributed by atoms with van der Waals surface area (Å²) in [6.07, 6.45) is 1.53. The molecular weight excluding hydrogens is 513 g/mol. The number of benzene rings is 1. The fourth-order valence-electron chi connectivity index (χ4n) is 3.60. The number of ether oxygens (including phenoxy) is 4. The zero-order valence-corrected chi connectivity index (χ0v) is 22.1. The fourth-order valence-corrected chi connectivity index (χ4v) is 4.01. The highest BCUT2D eigenvalue weighted by Gasteiger charge is 2.39. The lowest BCUT2D eigenvalue weighted by Gasteiger charge is -2.31. The van der Waals surface area contributed by atoms with Crippen LogP contribution in [0.5, 0.6) is 0 Å². The van der Waals surface area contributed by atoms with E-state index in [1.807, 2.05) is 13.8 Å². The summed E-state index contributed by atoms with van der Waals surface area (Å²) in [6.45, 7) is 5.69. The molecule has 11 heteroatoms. The molecule has 9 nitrogen and oxygen atoms in total. The Morgan fingerprint density at radius 3 is 1.72 bits per heavy atom. The van der Waals surface area contributed by atoms with Gasteiger partial charge in [0.05, 0.1) is 27.1 Å². The molecule has 1 N–H and O–H groups in total. The van der Waals surface area contributed by atoms with Gasteiger partial charge in [0.2, 0.25) is 13.6 Å². The number of rotatable bonds is 11. The van der Waals surface area contributed by atoms with Gasteiger partial charge in [-0.25, -0.2) is 9.59 Å². The van der Waals surface area contributed by atoms with Crippen LogP contribution in [-0.2, 0) is 38.1 Å². The number of allylic oxidation sites excluding steroid dienone is 2. The molecule has 0 radical (unpaired) electrons. The SMILES string of the molecule is CCCC(=O)OCOC(=O)C1=C(C)NC(C)=C(C(=O)OCOC(=O)CCC)C1c1cccc(Cl)c1Cl. The Morgan fingerprint density at radius 1 is 0.806 bits per heavy atom. The summed E-state index contributed by atoms with van der Waals surface area (Å²) in [5, 5.41) is 3.32. The molecule has 0 saturated carbocycles. The van der Waals surface area contributed by atoms with Crippen molar-refractivity contribution >= 4 is 47.1 Å². The second-order valence-electron chi connectivity index (χ2n) is 7.91. The van der Waals surface area contributed by atoms with E-state index >= 15 is 0 Å². The average Bonchev–Trinajstić information content (AvgIpc) is 2.80. The van der Waals surface area contributed by atoms with Crippen LogP contribution in [0, 0.1) is 0 Å². The number of nitrogens with one attached hydrogen (secondary N) is 1. The first-order valence-corrected chi connectivity index (χ1v) is 12.2. The Morgan fingerprint density at radius 2 is 1.28 bits per heavy atom. The Hall–Kier alpha value is -3.04. The molecule has 0 aliphatic carbocycles. The van der Waals surface area contributed by atoms with Gasteiger partial charge in [-0.2, -0.15) is 0 Å². The van der Waals surface area contributed by atoms with E-state index in [-0.39, 0.29) is 34.0 Å². The predicted octanol–water partition coefficient (Wildman–Crippen LogP) is 4.92. The van der Waals surface area contributed by atoms with Gasteiger partial charge in [-0.15, -0.1) is 0 Å². The highest BCUT2D eigenvalue weighted by atomic mass is 35.5. The van der Waals surface area contributed by atoms with E-state index in [4.69, 9.17) is 42.1 Å². The molecule has 1 aromatic carbocycles. The van der Waals surface area contributed by atoms with Crippen molar-refractivity contribution in [3.63, 3.8) is 0 Å². The monoisotopic (exact) mass is 541 g/mol. The van der Waals surface area contributed by atoms with Crippen molar-refractivity contribution in [3.05, 3.63) is 56.3 Å². The van der Waals surface area contributed by atoms with E-state index in [1.165, 1.54) is 0 Å². The molecule has 1 aliphatic heterocycles. The summed E-state index contributed by atoms with van der Waals surface area (Å²) in [7, 11) is 0. The molecule has 1 heterocycles. The lowest BCUT2D eigenvalue weighted by atomic mass is 9.80. The molecule has 1 aromatic rings. The maximum absolute atomic E-state index is 13.1. The van der Waals surface area contributed by atoms with Crippen molar-refractivity contribution in [2.75, 3.05) is 13.6 Å². The number of carbonyl (C=O) groups excluding carboxylic acids is 4. The van der Waals surface area contributed by atoms with Crippen molar-refractivity contribution in [1.29, 1.82) is 0 Å². The molecule has 0 bridgehead atoms. The van der Waals surface area contributed by atoms with Crippen LogP contribution < -0.4 is 5.32 Å². The highest BCUT2D eigenvalue weighted by molar-refractivity contribution is 6.42. The zero-order chi connectivity index (χ0) is 26.8. The van der Waals surface area contributed by atoms with E-state index in [9.17, 15) is 19.2 Å². The Balaban J connectivity index is 2.39. The van der Waals surface area contributed by atoms with Gasteiger partial charge in [-0.3, -0.25) is 9.59 Å². The van der Waals surface area contributed by atoms with Crippen LogP contribution in [0.25, 0.3) is 0 Å². The van der Waals surface area contributed by atoms with E-state index in [2.05, 4.69) is 5.32 Å². The second kappa shape index (κ2) is 13.9. The summed E-state index contributed by atoms with van der Waals surface area (Å²) < 4.78 is 20.2. The van der Waals surface area contributed by atoms with Gasteiger partial charge in [0.15, 0.2) is 0 Å². The van der Waals surface area contributed by atoms with E-state index in [0.29, 0.717) is 29.8 Å². The molecule has 0 unspecified atom stereocenters. The smallest absolute Gasteiger partial charge is 0.339 e. The summed E-state index contributed by atoms with van der Waals surface area (Å²) >= 11 is 12.7. The minimum Gasteiger partial charge on any atom is -0.428 e. The fraction of sp³-hybridized carbons (Fsp3) is 0.440. The number of halogens is 2. The standard InChI is InChI=1S/C25H29Cl2NO8/c1-5-8-18(29)33-12-35-24(31)20-14(3)28-15(4)21(25(32)36-13-34-19(30)9-6-2)22(20)16-10-7-11-17(26)23(16)27/h7,10-11,22,28H,5-6,8-9,12-13H2,1-4H3. The minimum atomic E-state index is -1.03. The summed E-state index contributed by atoms with van der Waals surface area (Å²) in [4.78, 5) is 49.6. The number of hydrogen-bond donors (Lipinski definition) is 1. The molecule has 196 valence electrons. The molecule has 36 heavy (non-hydrogen) atoms. The van der Waals surface area contributed by atoms with Gasteiger partial charge in [-0.1, -0.05) is 49.2 Å². The lowest BCUT2D eigenvalue weighted by Crippen LogP contribution is -2.33. The molecular formula is C25H29Cl2NO8. The van der Waals surface area contributed by atoms with Crippen LogP contribution in [0.15, 0.2) is 40.7 Å². The Labute approximate surface area is 219 Å². The first kappa shape index (κ1) is 29.2. The molecule has 1 aliphatic rings. The van der Waals surface area contributed by atoms with Crippen molar-refractivity contribution < 1.29 is 38.1 Å². The average molecular weight is 542 g/mol. The van der Waals surface area contributed by atoms with Gasteiger partial charge >= 0.3 is 23.9 Å². The number of esters is 4. The second-order valence-corrected chi connectivity index (χ2v) is 8.70. The van der Waals surface area contributed by atoms with Crippen LogP contribution in [0.3, 0.4) is 0 Å². The number of hydrogen-bond acceptors (Lipinski definition) is 9. The first-order valence-electron chi connectivity index (χ1n) is 11.4. The largest absolute Gasteiger partial charge is 0.428 e. The van der Waals surface area contributed by atoms with Crippen molar-refractivity contribution in [3.8, 4) is 0 Å². The molecule has 0 aromatic heterocycles. The van der Waals surface area contributed by atoms with E-state index in [1.54, 1.807) is 32.0 Å². The predicted molar refractivity (Wildman–Crippen MR) is 132 cm³/mol. The summed E-state index contributed by atoms with van der Waals surface area (Å²) in [6, 6.07) is 4.81. The molecule has 0 saturated heterocycles. The molecule has 2 rings (SSSR count). The number of dihydropyridines is 1. The summed E-state index contributed by atoms with van der Waals surface area (Å²) in [5.74, 6) is -3.72.